The van der Waals surface area contributed by atoms with Gasteiger partial charge in [-0.15, -0.1) is 0 Å². The lowest BCUT2D eigenvalue weighted by Gasteiger charge is -2.03. The highest BCUT2D eigenvalue weighted by atomic mass is 16.3. The highest BCUT2D eigenvalue weighted by molar-refractivity contribution is 5.86. The largest absolute Gasteiger partial charge is 0.508 e. The van der Waals surface area contributed by atoms with Crippen molar-refractivity contribution in [1.82, 2.24) is 10.9 Å². The second-order valence-corrected chi connectivity index (χ2v) is 7.34. The van der Waals surface area contributed by atoms with Crippen LogP contribution in [0.1, 0.15) is 56.1 Å². The zero-order valence-corrected chi connectivity index (χ0v) is 18.1. The molecule has 33 heavy (non-hydrogen) atoms. The maximum atomic E-state index is 11.8. The SMILES string of the molecule is O=C(CCCCCCCC(=O)NN=Cc1ccc(O)cc1O)NN=Cc1ccc(O)cc1O. The minimum Gasteiger partial charge on any atom is -0.508 e. The van der Waals surface area contributed by atoms with Crippen LogP contribution in [0.2, 0.25) is 0 Å². The first-order valence-electron chi connectivity index (χ1n) is 10.5. The molecular weight excluding hydrogens is 428 g/mol. The van der Waals surface area contributed by atoms with E-state index in [1.807, 2.05) is 0 Å². The highest BCUT2D eigenvalue weighted by Crippen LogP contribution is 2.21. The molecular formula is C23H28N4O6. The third kappa shape index (κ3) is 9.72. The zero-order valence-electron chi connectivity index (χ0n) is 18.1. The quantitative estimate of drug-likeness (QED) is 0.163. The van der Waals surface area contributed by atoms with Gasteiger partial charge in [-0.05, 0) is 37.1 Å². The fourth-order valence-corrected chi connectivity index (χ4v) is 2.84. The van der Waals surface area contributed by atoms with Crippen LogP contribution in [-0.2, 0) is 9.59 Å². The molecule has 2 rings (SSSR count). The molecule has 10 nitrogen and oxygen atoms in total. The third-order valence-electron chi connectivity index (χ3n) is 4.62. The summed E-state index contributed by atoms with van der Waals surface area (Å²) in [5.41, 5.74) is 5.53. The molecule has 10 heteroatoms. The van der Waals surface area contributed by atoms with Crippen LogP contribution in [0.25, 0.3) is 0 Å². The second kappa shape index (κ2) is 13.4. The first-order valence-corrected chi connectivity index (χ1v) is 10.5. The van der Waals surface area contributed by atoms with Crippen LogP contribution in [0, 0.1) is 0 Å². The summed E-state index contributed by atoms with van der Waals surface area (Å²) in [6.45, 7) is 0. The van der Waals surface area contributed by atoms with Crippen molar-refractivity contribution < 1.29 is 30.0 Å². The Labute approximate surface area is 191 Å². The molecule has 0 unspecified atom stereocenters. The molecule has 0 aromatic heterocycles. The number of unbranched alkanes of at least 4 members (excludes halogenated alkanes) is 4. The maximum absolute atomic E-state index is 11.8. The lowest BCUT2D eigenvalue weighted by molar-refractivity contribution is -0.121. The van der Waals surface area contributed by atoms with E-state index < -0.39 is 0 Å². The Hall–Kier alpha value is -4.08. The fourth-order valence-electron chi connectivity index (χ4n) is 2.84. The summed E-state index contributed by atoms with van der Waals surface area (Å²) in [5.74, 6) is -0.859. The molecule has 2 amide bonds. The number of benzene rings is 2. The third-order valence-corrected chi connectivity index (χ3v) is 4.62. The van der Waals surface area contributed by atoms with E-state index in [2.05, 4.69) is 21.1 Å². The molecule has 0 aliphatic rings. The fraction of sp³-hybridized carbons (Fsp3) is 0.304. The van der Waals surface area contributed by atoms with Gasteiger partial charge in [-0.2, -0.15) is 10.2 Å². The van der Waals surface area contributed by atoms with Crippen LogP contribution < -0.4 is 10.9 Å². The van der Waals surface area contributed by atoms with Gasteiger partial charge in [-0.25, -0.2) is 10.9 Å². The van der Waals surface area contributed by atoms with Crippen molar-refractivity contribution in [2.24, 2.45) is 10.2 Å². The van der Waals surface area contributed by atoms with E-state index >= 15 is 0 Å². The molecule has 0 saturated carbocycles. The summed E-state index contributed by atoms with van der Waals surface area (Å²) >= 11 is 0. The van der Waals surface area contributed by atoms with Gasteiger partial charge in [0.2, 0.25) is 11.8 Å². The van der Waals surface area contributed by atoms with Gasteiger partial charge in [0, 0.05) is 36.1 Å². The van der Waals surface area contributed by atoms with E-state index in [4.69, 9.17) is 0 Å². The average molecular weight is 456 g/mol. The Morgan fingerprint density at radius 1 is 0.667 bits per heavy atom. The summed E-state index contributed by atoms with van der Waals surface area (Å²) in [5, 5.41) is 45.3. The van der Waals surface area contributed by atoms with E-state index in [1.165, 1.54) is 48.8 Å². The molecule has 0 saturated heterocycles. The number of aromatic hydroxyl groups is 4. The molecule has 2 aromatic carbocycles. The van der Waals surface area contributed by atoms with Gasteiger partial charge in [0.15, 0.2) is 0 Å². The first kappa shape index (κ1) is 25.2. The summed E-state index contributed by atoms with van der Waals surface area (Å²) in [6, 6.07) is 8.14. The average Bonchev–Trinajstić information content (AvgIpc) is 2.76. The van der Waals surface area contributed by atoms with Crippen LogP contribution in [0.15, 0.2) is 46.6 Å². The number of carbonyl (C=O) groups is 2. The van der Waals surface area contributed by atoms with Gasteiger partial charge >= 0.3 is 0 Å². The van der Waals surface area contributed by atoms with Crippen molar-refractivity contribution in [3.05, 3.63) is 47.5 Å². The molecule has 0 radical (unpaired) electrons. The second-order valence-electron chi connectivity index (χ2n) is 7.34. The van der Waals surface area contributed by atoms with Crippen LogP contribution in [0.4, 0.5) is 0 Å². The monoisotopic (exact) mass is 456 g/mol. The van der Waals surface area contributed by atoms with Crippen molar-refractivity contribution in [3.8, 4) is 23.0 Å². The topological polar surface area (TPSA) is 164 Å². The van der Waals surface area contributed by atoms with Gasteiger partial charge in [-0.1, -0.05) is 19.3 Å². The minimum atomic E-state index is -0.235. The van der Waals surface area contributed by atoms with Crippen molar-refractivity contribution in [3.63, 3.8) is 0 Å². The summed E-state index contributed by atoms with van der Waals surface area (Å²) < 4.78 is 0. The van der Waals surface area contributed by atoms with Gasteiger partial charge in [0.1, 0.15) is 23.0 Å². The predicted molar refractivity (Wildman–Crippen MR) is 123 cm³/mol. The van der Waals surface area contributed by atoms with Gasteiger partial charge in [0.05, 0.1) is 12.4 Å². The van der Waals surface area contributed by atoms with E-state index in [0.29, 0.717) is 36.8 Å². The number of carbonyl (C=O) groups excluding carboxylic acids is 2. The molecule has 0 atom stereocenters. The molecule has 0 heterocycles. The van der Waals surface area contributed by atoms with Crippen molar-refractivity contribution in [2.75, 3.05) is 0 Å². The summed E-state index contributed by atoms with van der Waals surface area (Å²) in [6.07, 6.45) is 7.19. The molecule has 0 spiro atoms. The predicted octanol–water partition coefficient (Wildman–Crippen LogP) is 2.84. The van der Waals surface area contributed by atoms with E-state index in [9.17, 15) is 30.0 Å². The molecule has 6 N–H and O–H groups in total. The van der Waals surface area contributed by atoms with Gasteiger partial charge < -0.3 is 20.4 Å². The lowest BCUT2D eigenvalue weighted by Crippen LogP contribution is -2.17. The van der Waals surface area contributed by atoms with Crippen molar-refractivity contribution in [1.29, 1.82) is 0 Å². The zero-order chi connectivity index (χ0) is 24.1. The van der Waals surface area contributed by atoms with Crippen LogP contribution >= 0.6 is 0 Å². The molecule has 0 fully saturated rings. The molecule has 2 aromatic rings. The number of amides is 2. The lowest BCUT2D eigenvalue weighted by atomic mass is 10.1. The van der Waals surface area contributed by atoms with Gasteiger partial charge in [-0.3, -0.25) is 9.59 Å². The Bertz CT molecular complexity index is 927. The van der Waals surface area contributed by atoms with Crippen LogP contribution in [0.5, 0.6) is 23.0 Å². The number of phenolic OH excluding ortho intramolecular Hbond substituents is 4. The Morgan fingerprint density at radius 2 is 1.06 bits per heavy atom. The van der Waals surface area contributed by atoms with Gasteiger partial charge in [0.25, 0.3) is 0 Å². The number of rotatable bonds is 12. The molecule has 0 bridgehead atoms. The van der Waals surface area contributed by atoms with Crippen molar-refractivity contribution >= 4 is 24.2 Å². The number of nitrogens with zero attached hydrogens (tertiary/aromatic N) is 2. The number of nitrogens with one attached hydrogen (secondary N) is 2. The highest BCUT2D eigenvalue weighted by Gasteiger charge is 2.03. The number of hydrogen-bond donors (Lipinski definition) is 6. The van der Waals surface area contributed by atoms with E-state index in [0.717, 1.165) is 19.3 Å². The summed E-state index contributed by atoms with van der Waals surface area (Å²) in [4.78, 5) is 23.5. The Morgan fingerprint density at radius 3 is 1.45 bits per heavy atom. The standard InChI is InChI=1S/C23H28N4O6/c28-18-10-8-16(20(30)12-18)14-24-26-22(32)6-4-2-1-3-5-7-23(33)27-25-15-17-9-11-19(29)13-21(17)31/h8-15,28-31H,1-7H2,(H,26,32)(H,27,33). The molecule has 0 aliphatic heterocycles. The summed E-state index contributed by atoms with van der Waals surface area (Å²) in [7, 11) is 0. The van der Waals surface area contributed by atoms with E-state index in [-0.39, 0.29) is 34.8 Å². The number of hydrogen-bond acceptors (Lipinski definition) is 8. The molecule has 176 valence electrons. The normalized spacial score (nSPS) is 11.2. The minimum absolute atomic E-state index is 0.0606. The Balaban J connectivity index is 1.51. The Kier molecular flexibility index (Phi) is 10.2. The van der Waals surface area contributed by atoms with Crippen molar-refractivity contribution in [2.45, 2.75) is 44.9 Å². The van der Waals surface area contributed by atoms with Crippen LogP contribution in [-0.4, -0.2) is 44.7 Å². The number of hydrazone groups is 2. The molecule has 0 aliphatic carbocycles. The number of phenols is 4. The van der Waals surface area contributed by atoms with Crippen LogP contribution in [0.3, 0.4) is 0 Å². The van der Waals surface area contributed by atoms with E-state index in [1.54, 1.807) is 0 Å². The maximum Gasteiger partial charge on any atom is 0.240 e. The smallest absolute Gasteiger partial charge is 0.240 e. The first-order chi connectivity index (χ1) is 15.8.